The number of methoxy groups -OCH3 is 1. The van der Waals surface area contributed by atoms with Gasteiger partial charge in [-0.15, -0.1) is 0 Å². The molecule has 6 atom stereocenters. The number of carbonyl (C=O) groups excluding carboxylic acids is 1. The highest BCUT2D eigenvalue weighted by molar-refractivity contribution is 5.64. The number of carbonyl (C=O) groups is 1. The van der Waals surface area contributed by atoms with Crippen molar-refractivity contribution >= 4 is 11.8 Å². The molecule has 0 amide bonds. The van der Waals surface area contributed by atoms with Crippen LogP contribution in [0.1, 0.15) is 40.0 Å². The van der Waals surface area contributed by atoms with Gasteiger partial charge in [0.05, 0.1) is 23.6 Å². The average molecular weight is 447 g/mol. The zero-order chi connectivity index (χ0) is 23.1. The Morgan fingerprint density at radius 2 is 2.00 bits per heavy atom. The summed E-state index contributed by atoms with van der Waals surface area (Å²) in [5.74, 6) is 0.0877. The first kappa shape index (κ1) is 22.7. The van der Waals surface area contributed by atoms with E-state index >= 15 is 0 Å². The Balaban J connectivity index is 1.44. The summed E-state index contributed by atoms with van der Waals surface area (Å²) < 4.78 is 28.8. The second-order valence-corrected chi connectivity index (χ2v) is 9.14. The highest BCUT2D eigenvalue weighted by Gasteiger charge is 2.72. The molecule has 1 saturated carbocycles. The molecule has 174 valence electrons. The van der Waals surface area contributed by atoms with Gasteiger partial charge in [-0.1, -0.05) is 11.6 Å². The van der Waals surface area contributed by atoms with E-state index in [9.17, 15) is 14.9 Å². The summed E-state index contributed by atoms with van der Waals surface area (Å²) in [6.07, 6.45) is 2.56. The fourth-order valence-corrected chi connectivity index (χ4v) is 4.95. The summed E-state index contributed by atoms with van der Waals surface area (Å²) in [7, 11) is 1.61. The van der Waals surface area contributed by atoms with Gasteiger partial charge in [-0.3, -0.25) is 10.1 Å². The Morgan fingerprint density at radius 1 is 1.31 bits per heavy atom. The first-order chi connectivity index (χ1) is 15.2. The molecule has 2 heterocycles. The first-order valence-electron chi connectivity index (χ1n) is 10.8. The van der Waals surface area contributed by atoms with Gasteiger partial charge < -0.3 is 23.7 Å². The minimum absolute atomic E-state index is 0.0620. The van der Waals surface area contributed by atoms with Gasteiger partial charge in [0, 0.05) is 19.2 Å². The van der Waals surface area contributed by atoms with Gasteiger partial charge in [0.15, 0.2) is 0 Å². The number of hydrogen-bond acceptors (Lipinski definition) is 8. The molecular formula is C23H29NO8. The van der Waals surface area contributed by atoms with E-state index < -0.39 is 28.9 Å². The van der Waals surface area contributed by atoms with Crippen LogP contribution < -0.4 is 4.74 Å². The molecule has 9 heteroatoms. The van der Waals surface area contributed by atoms with E-state index in [1.165, 1.54) is 29.8 Å². The minimum atomic E-state index is -0.875. The second-order valence-electron chi connectivity index (χ2n) is 9.14. The third kappa shape index (κ3) is 4.37. The topological polar surface area (TPSA) is 113 Å². The Bertz CT molecular complexity index is 905. The van der Waals surface area contributed by atoms with Crippen LogP contribution in [0.3, 0.4) is 0 Å². The van der Waals surface area contributed by atoms with Gasteiger partial charge in [0.1, 0.15) is 29.2 Å². The molecule has 3 fully saturated rings. The predicted octanol–water partition coefficient (Wildman–Crippen LogP) is 4.19. The molecule has 1 aromatic rings. The smallest absolute Gasteiger partial charge is 0.428 e. The Hall–Kier alpha value is -2.49. The monoisotopic (exact) mass is 447 g/mol. The standard InChI is InChI=1S/C23H29NO8/c1-14(2)5-10-18-22(3,32-18)20-19(28-4)17(11-12-23(20)13-29-23)31-21(25)30-16-8-6-15(7-9-16)24(26)27/h5-9,17-20H,10-13H2,1-4H3/t17?,18-,19?,20?,22+,23+/m1/s1. The van der Waals surface area contributed by atoms with Gasteiger partial charge in [0.25, 0.3) is 5.69 Å². The van der Waals surface area contributed by atoms with E-state index in [1.807, 2.05) is 0 Å². The molecule has 2 saturated heterocycles. The predicted molar refractivity (Wildman–Crippen MR) is 114 cm³/mol. The van der Waals surface area contributed by atoms with Crippen LogP contribution in [-0.2, 0) is 18.9 Å². The summed E-state index contributed by atoms with van der Waals surface area (Å²) in [5, 5.41) is 10.8. The molecule has 2 aliphatic heterocycles. The van der Waals surface area contributed by atoms with E-state index in [0.29, 0.717) is 13.0 Å². The lowest BCUT2D eigenvalue weighted by Crippen LogP contribution is -2.55. The number of nitro benzene ring substituents is 1. The number of rotatable bonds is 7. The number of nitro groups is 1. The number of nitrogens with zero attached hydrogens (tertiary/aromatic N) is 1. The molecule has 3 unspecified atom stereocenters. The molecule has 0 radical (unpaired) electrons. The summed E-state index contributed by atoms with van der Waals surface area (Å²) in [6, 6.07) is 5.25. The normalized spacial score (nSPS) is 35.1. The zero-order valence-corrected chi connectivity index (χ0v) is 18.7. The maximum Gasteiger partial charge on any atom is 0.514 e. The van der Waals surface area contributed by atoms with Crippen LogP contribution >= 0.6 is 0 Å². The van der Waals surface area contributed by atoms with Crippen molar-refractivity contribution in [3.05, 3.63) is 46.0 Å². The summed E-state index contributed by atoms with van der Waals surface area (Å²) in [4.78, 5) is 22.7. The fourth-order valence-electron chi connectivity index (χ4n) is 4.95. The lowest BCUT2D eigenvalue weighted by molar-refractivity contribution is -0.384. The maximum atomic E-state index is 12.4. The van der Waals surface area contributed by atoms with Gasteiger partial charge >= 0.3 is 6.16 Å². The van der Waals surface area contributed by atoms with E-state index in [4.69, 9.17) is 23.7 Å². The molecule has 1 spiro atoms. The van der Waals surface area contributed by atoms with Crippen LogP contribution in [0.2, 0.25) is 0 Å². The quantitative estimate of drug-likeness (QED) is 0.153. The van der Waals surface area contributed by atoms with Crippen molar-refractivity contribution in [2.45, 2.75) is 69.5 Å². The molecular weight excluding hydrogens is 418 g/mol. The lowest BCUT2D eigenvalue weighted by Gasteiger charge is -2.42. The van der Waals surface area contributed by atoms with Crippen LogP contribution in [0.15, 0.2) is 35.9 Å². The van der Waals surface area contributed by atoms with Crippen LogP contribution in [0.5, 0.6) is 5.75 Å². The molecule has 1 aromatic carbocycles. The molecule has 0 aromatic heterocycles. The van der Waals surface area contributed by atoms with Gasteiger partial charge in [0.2, 0.25) is 0 Å². The molecule has 0 bridgehead atoms. The molecule has 32 heavy (non-hydrogen) atoms. The van der Waals surface area contributed by atoms with Crippen molar-refractivity contribution in [3.8, 4) is 5.75 Å². The molecule has 9 nitrogen and oxygen atoms in total. The van der Waals surface area contributed by atoms with Crippen LogP contribution in [0.25, 0.3) is 0 Å². The third-order valence-corrected chi connectivity index (χ3v) is 6.73. The van der Waals surface area contributed by atoms with E-state index in [-0.39, 0.29) is 29.1 Å². The van der Waals surface area contributed by atoms with Crippen LogP contribution in [0.4, 0.5) is 10.5 Å². The minimum Gasteiger partial charge on any atom is -0.428 e. The largest absolute Gasteiger partial charge is 0.514 e. The number of epoxide rings is 2. The average Bonchev–Trinajstić information content (AvgIpc) is 3.65. The number of hydrogen-bond donors (Lipinski definition) is 0. The van der Waals surface area contributed by atoms with Gasteiger partial charge in [-0.05, 0) is 52.2 Å². The second kappa shape index (κ2) is 8.46. The van der Waals surface area contributed by atoms with Crippen molar-refractivity contribution < 1.29 is 33.4 Å². The fraction of sp³-hybridized carbons (Fsp3) is 0.609. The Kier molecular flexibility index (Phi) is 6.00. The number of allylic oxidation sites excluding steroid dienone is 1. The SMILES string of the molecule is COC1C(OC(=O)Oc2ccc([N+](=O)[O-])cc2)CC[C@]2(CO2)C1[C@@]1(C)O[C@@H]1CC=C(C)C. The summed E-state index contributed by atoms with van der Waals surface area (Å²) in [5.41, 5.74) is 0.419. The van der Waals surface area contributed by atoms with Gasteiger partial charge in [-0.25, -0.2) is 4.79 Å². The summed E-state index contributed by atoms with van der Waals surface area (Å²) >= 11 is 0. The van der Waals surface area contributed by atoms with Crippen molar-refractivity contribution in [1.29, 1.82) is 0 Å². The van der Waals surface area contributed by atoms with Crippen LogP contribution in [-0.4, -0.2) is 54.3 Å². The Morgan fingerprint density at radius 3 is 2.56 bits per heavy atom. The highest BCUT2D eigenvalue weighted by Crippen LogP contribution is 2.59. The number of benzene rings is 1. The van der Waals surface area contributed by atoms with E-state index in [1.54, 1.807) is 7.11 Å². The first-order valence-corrected chi connectivity index (χ1v) is 10.8. The molecule has 1 aliphatic carbocycles. The van der Waals surface area contributed by atoms with E-state index in [0.717, 1.165) is 12.8 Å². The number of ether oxygens (including phenoxy) is 5. The summed E-state index contributed by atoms with van der Waals surface area (Å²) in [6.45, 7) is 6.84. The van der Waals surface area contributed by atoms with Gasteiger partial charge in [-0.2, -0.15) is 0 Å². The van der Waals surface area contributed by atoms with Crippen molar-refractivity contribution in [2.24, 2.45) is 5.92 Å². The van der Waals surface area contributed by atoms with Crippen molar-refractivity contribution in [3.63, 3.8) is 0 Å². The Labute approximate surface area is 186 Å². The third-order valence-electron chi connectivity index (χ3n) is 6.73. The molecule has 3 aliphatic rings. The van der Waals surface area contributed by atoms with E-state index in [2.05, 4.69) is 26.8 Å². The highest BCUT2D eigenvalue weighted by atomic mass is 16.7. The zero-order valence-electron chi connectivity index (χ0n) is 18.7. The number of non-ortho nitro benzene ring substituents is 1. The lowest BCUT2D eigenvalue weighted by atomic mass is 9.68. The van der Waals surface area contributed by atoms with Crippen molar-refractivity contribution in [1.82, 2.24) is 0 Å². The maximum absolute atomic E-state index is 12.4. The van der Waals surface area contributed by atoms with Crippen molar-refractivity contribution in [2.75, 3.05) is 13.7 Å². The molecule has 4 rings (SSSR count). The molecule has 0 N–H and O–H groups in total. The van der Waals surface area contributed by atoms with Crippen LogP contribution in [0, 0.1) is 16.0 Å².